The van der Waals surface area contributed by atoms with Crippen LogP contribution in [-0.2, 0) is 26.2 Å². The van der Waals surface area contributed by atoms with Crippen LogP contribution in [0.5, 0.6) is 0 Å². The first-order valence-corrected chi connectivity index (χ1v) is 15.1. The van der Waals surface area contributed by atoms with Crippen LogP contribution in [0.1, 0.15) is 39.2 Å². The molecule has 2 amide bonds. The van der Waals surface area contributed by atoms with E-state index >= 15 is 0 Å². The minimum Gasteiger partial charge on any atom is -0.352 e. The Morgan fingerprint density at radius 2 is 1.49 bits per heavy atom. The molecule has 13 heteroatoms. The van der Waals surface area contributed by atoms with Crippen LogP contribution in [0, 0.1) is 0 Å². The van der Waals surface area contributed by atoms with Crippen molar-refractivity contribution < 1.29 is 18.0 Å². The number of halogens is 5. The maximum Gasteiger partial charge on any atom is 0.244 e. The first-order valence-electron chi connectivity index (χ1n) is 11.4. The zero-order chi connectivity index (χ0) is 28.1. The smallest absolute Gasteiger partial charge is 0.244 e. The quantitative estimate of drug-likeness (QED) is 0.289. The summed E-state index contributed by atoms with van der Waals surface area (Å²) in [6, 6.07) is 6.38. The highest BCUT2D eigenvalue weighted by Crippen LogP contribution is 2.36. The maximum atomic E-state index is 13.8. The van der Waals surface area contributed by atoms with Crippen LogP contribution < -0.4 is 9.62 Å². The summed E-state index contributed by atoms with van der Waals surface area (Å²) in [6.07, 6.45) is 1.87. The number of hydrogen-bond acceptors (Lipinski definition) is 4. The number of nitrogens with zero attached hydrogens (tertiary/aromatic N) is 2. The molecule has 0 aromatic heterocycles. The molecule has 0 spiro atoms. The van der Waals surface area contributed by atoms with Gasteiger partial charge in [0.1, 0.15) is 12.6 Å². The van der Waals surface area contributed by atoms with E-state index in [0.29, 0.717) is 22.0 Å². The Bertz CT molecular complexity index is 1240. The van der Waals surface area contributed by atoms with Crippen molar-refractivity contribution >= 4 is 85.5 Å². The lowest BCUT2D eigenvalue weighted by molar-refractivity contribution is -0.140. The predicted octanol–water partition coefficient (Wildman–Crippen LogP) is 6.44. The number of hydrogen-bond donors (Lipinski definition) is 1. The van der Waals surface area contributed by atoms with Crippen molar-refractivity contribution in [3.8, 4) is 0 Å². The van der Waals surface area contributed by atoms with Gasteiger partial charge in [0, 0.05) is 28.2 Å². The second-order valence-corrected chi connectivity index (χ2v) is 12.4. The lowest BCUT2D eigenvalue weighted by atomic mass is 10.1. The van der Waals surface area contributed by atoms with Crippen molar-refractivity contribution in [2.45, 2.75) is 52.2 Å². The van der Waals surface area contributed by atoms with Gasteiger partial charge >= 0.3 is 0 Å². The number of rotatable bonds is 11. The van der Waals surface area contributed by atoms with Gasteiger partial charge in [-0.25, -0.2) is 8.42 Å². The summed E-state index contributed by atoms with van der Waals surface area (Å²) < 4.78 is 26.3. The van der Waals surface area contributed by atoms with Crippen LogP contribution in [0.25, 0.3) is 0 Å². The van der Waals surface area contributed by atoms with E-state index in [1.807, 2.05) is 13.8 Å². The van der Waals surface area contributed by atoms with Gasteiger partial charge in [0.05, 0.1) is 27.0 Å². The van der Waals surface area contributed by atoms with Gasteiger partial charge in [-0.1, -0.05) is 77.9 Å². The molecule has 2 aromatic carbocycles. The minimum atomic E-state index is -4.02. The summed E-state index contributed by atoms with van der Waals surface area (Å²) in [7, 11) is -4.02. The number of nitrogens with one attached hydrogen (secondary N) is 1. The topological polar surface area (TPSA) is 86.8 Å². The van der Waals surface area contributed by atoms with Gasteiger partial charge in [-0.05, 0) is 44.0 Å². The lowest BCUT2D eigenvalue weighted by Crippen LogP contribution is -2.53. The third kappa shape index (κ3) is 8.28. The molecule has 204 valence electrons. The molecule has 0 unspecified atom stereocenters. The molecular formula is C24H28Cl5N3O4S. The van der Waals surface area contributed by atoms with Crippen LogP contribution >= 0.6 is 58.0 Å². The molecular weight excluding hydrogens is 604 g/mol. The van der Waals surface area contributed by atoms with Gasteiger partial charge in [0.15, 0.2) is 0 Å². The molecule has 0 fully saturated rings. The number of sulfonamides is 1. The minimum absolute atomic E-state index is 0.0186. The molecule has 0 bridgehead atoms. The summed E-state index contributed by atoms with van der Waals surface area (Å²) in [5.41, 5.74) is 0.396. The molecule has 7 nitrogen and oxygen atoms in total. The van der Waals surface area contributed by atoms with Gasteiger partial charge in [-0.2, -0.15) is 0 Å². The van der Waals surface area contributed by atoms with Gasteiger partial charge in [-0.3, -0.25) is 13.9 Å². The van der Waals surface area contributed by atoms with E-state index in [2.05, 4.69) is 5.32 Å². The van der Waals surface area contributed by atoms with Crippen molar-refractivity contribution in [1.29, 1.82) is 0 Å². The van der Waals surface area contributed by atoms with E-state index in [1.165, 1.54) is 17.0 Å². The molecule has 0 saturated carbocycles. The van der Waals surface area contributed by atoms with E-state index in [-0.39, 0.29) is 45.7 Å². The second-order valence-electron chi connectivity index (χ2n) is 8.45. The zero-order valence-electron chi connectivity index (χ0n) is 20.7. The van der Waals surface area contributed by atoms with E-state index in [0.717, 1.165) is 10.6 Å². The molecule has 2 rings (SSSR count). The van der Waals surface area contributed by atoms with Crippen molar-refractivity contribution in [2.24, 2.45) is 0 Å². The van der Waals surface area contributed by atoms with Crippen LogP contribution in [0.3, 0.4) is 0 Å². The Labute approximate surface area is 243 Å². The number of benzene rings is 2. The van der Waals surface area contributed by atoms with Crippen molar-refractivity contribution in [3.63, 3.8) is 0 Å². The molecule has 2 aromatic rings. The average molecular weight is 632 g/mol. The molecule has 1 N–H and O–H groups in total. The Morgan fingerprint density at radius 1 is 0.919 bits per heavy atom. The fourth-order valence-corrected chi connectivity index (χ4v) is 5.58. The highest BCUT2D eigenvalue weighted by molar-refractivity contribution is 7.92. The first-order chi connectivity index (χ1) is 17.2. The summed E-state index contributed by atoms with van der Waals surface area (Å²) in [5.74, 6) is -1.05. The Balaban J connectivity index is 2.57. The van der Waals surface area contributed by atoms with E-state index in [9.17, 15) is 18.0 Å². The van der Waals surface area contributed by atoms with Crippen molar-refractivity contribution in [2.75, 3.05) is 17.1 Å². The highest BCUT2D eigenvalue weighted by atomic mass is 35.5. The van der Waals surface area contributed by atoms with Crippen LogP contribution in [0.2, 0.25) is 25.1 Å². The Hall–Kier alpha value is -1.42. The van der Waals surface area contributed by atoms with Gasteiger partial charge in [-0.15, -0.1) is 0 Å². The van der Waals surface area contributed by atoms with Gasteiger partial charge in [0.25, 0.3) is 0 Å². The summed E-state index contributed by atoms with van der Waals surface area (Å²) in [4.78, 5) is 28.2. The molecule has 0 aliphatic heterocycles. The average Bonchev–Trinajstić information content (AvgIpc) is 2.80. The maximum absolute atomic E-state index is 13.8. The van der Waals surface area contributed by atoms with Gasteiger partial charge in [0.2, 0.25) is 21.8 Å². The third-order valence-corrected chi connectivity index (χ3v) is 8.57. The molecule has 0 heterocycles. The van der Waals surface area contributed by atoms with Gasteiger partial charge < -0.3 is 10.2 Å². The number of amides is 2. The first kappa shape index (κ1) is 31.8. The SMILES string of the molecule is CC[C@@H](C)NC(=O)[C@@H](CC)N(Cc1c(Cl)cccc1Cl)C(=O)CN(c1cc(Cl)c(Cl)cc1Cl)S(C)(=O)=O. The monoisotopic (exact) mass is 629 g/mol. The highest BCUT2D eigenvalue weighted by Gasteiger charge is 2.33. The Kier molecular flexibility index (Phi) is 11.7. The fourth-order valence-electron chi connectivity index (χ4n) is 3.51. The largest absolute Gasteiger partial charge is 0.352 e. The standard InChI is InChI=1S/C24H28Cl5N3O4S/c1-5-14(3)30-24(34)21(6-2)31(12-15-16(25)8-7-9-17(15)26)23(33)13-32(37(4,35)36)22-11-19(28)18(27)10-20(22)29/h7-11,14,21H,5-6,12-13H2,1-4H3,(H,30,34)/t14-,21-/m1/s1. The van der Waals surface area contributed by atoms with E-state index in [4.69, 9.17) is 58.0 Å². The summed E-state index contributed by atoms with van der Waals surface area (Å²) in [6.45, 7) is 4.73. The Morgan fingerprint density at radius 3 is 2.00 bits per heavy atom. The van der Waals surface area contributed by atoms with Crippen LogP contribution in [0.15, 0.2) is 30.3 Å². The molecule has 37 heavy (non-hydrogen) atoms. The number of carbonyl (C=O) groups excluding carboxylic acids is 2. The molecule has 0 aliphatic carbocycles. The van der Waals surface area contributed by atoms with Crippen LogP contribution in [-0.4, -0.2) is 50.0 Å². The zero-order valence-corrected chi connectivity index (χ0v) is 25.3. The van der Waals surface area contributed by atoms with Crippen LogP contribution in [0.4, 0.5) is 5.69 Å². The molecule has 2 atom stereocenters. The number of carbonyl (C=O) groups is 2. The number of anilines is 1. The van der Waals surface area contributed by atoms with E-state index in [1.54, 1.807) is 25.1 Å². The summed E-state index contributed by atoms with van der Waals surface area (Å²) >= 11 is 31.1. The fraction of sp³-hybridized carbons (Fsp3) is 0.417. The third-order valence-electron chi connectivity index (χ3n) is 5.71. The predicted molar refractivity (Wildman–Crippen MR) is 153 cm³/mol. The normalized spacial score (nSPS) is 13.1. The van der Waals surface area contributed by atoms with Crippen molar-refractivity contribution in [3.05, 3.63) is 61.0 Å². The molecule has 0 saturated heterocycles. The molecule has 0 aliphatic rings. The summed E-state index contributed by atoms with van der Waals surface area (Å²) in [5, 5.41) is 3.65. The van der Waals surface area contributed by atoms with Crippen molar-refractivity contribution in [1.82, 2.24) is 10.2 Å². The second kappa shape index (κ2) is 13.6. The van der Waals surface area contributed by atoms with E-state index < -0.39 is 28.5 Å². The lowest BCUT2D eigenvalue weighted by Gasteiger charge is -2.34. The molecule has 0 radical (unpaired) electrons.